The van der Waals surface area contributed by atoms with E-state index in [-0.39, 0.29) is 11.7 Å². The molecule has 4 rings (SSSR count). The molecule has 2 saturated heterocycles. The summed E-state index contributed by atoms with van der Waals surface area (Å²) in [5.74, 6) is -4.59. The van der Waals surface area contributed by atoms with E-state index in [1.54, 1.807) is 18.3 Å². The van der Waals surface area contributed by atoms with E-state index in [9.17, 15) is 35.5 Å². The van der Waals surface area contributed by atoms with Crippen LogP contribution in [0.4, 0.5) is 30.7 Å². The highest BCUT2D eigenvalue weighted by molar-refractivity contribution is 5.94. The van der Waals surface area contributed by atoms with E-state index in [1.165, 1.54) is 6.07 Å². The SMILES string of the molecule is Cc1ccc(C(=O)N2C[C@H]3CN(Cc4cccc(F)c4)C[C@H]3C2)cn1.O=C(O)C(F)(F)F.O=C(O)C(F)(F)F. The minimum Gasteiger partial charge on any atom is -0.475 e. The molecule has 0 saturated carbocycles. The van der Waals surface area contributed by atoms with Gasteiger partial charge in [0.15, 0.2) is 0 Å². The average Bonchev–Trinajstić information content (AvgIpc) is 3.37. The predicted molar refractivity (Wildman–Crippen MR) is 121 cm³/mol. The van der Waals surface area contributed by atoms with Gasteiger partial charge in [-0.15, -0.1) is 0 Å². The van der Waals surface area contributed by atoms with Crippen molar-refractivity contribution >= 4 is 17.8 Å². The normalized spacial score (nSPS) is 18.8. The van der Waals surface area contributed by atoms with Crippen molar-refractivity contribution in [3.8, 4) is 0 Å². The number of benzene rings is 1. The number of amides is 1. The maximum atomic E-state index is 13.3. The van der Waals surface area contributed by atoms with Gasteiger partial charge in [-0.25, -0.2) is 14.0 Å². The van der Waals surface area contributed by atoms with E-state index >= 15 is 0 Å². The number of carbonyl (C=O) groups is 3. The third-order valence-corrected chi connectivity index (χ3v) is 5.79. The van der Waals surface area contributed by atoms with E-state index in [0.29, 0.717) is 17.4 Å². The largest absolute Gasteiger partial charge is 0.490 e. The third-order valence-electron chi connectivity index (χ3n) is 5.79. The van der Waals surface area contributed by atoms with Crippen LogP contribution in [0.25, 0.3) is 0 Å². The lowest BCUT2D eigenvalue weighted by Gasteiger charge is -2.21. The van der Waals surface area contributed by atoms with Crippen LogP contribution in [0.5, 0.6) is 0 Å². The molecule has 2 N–H and O–H groups in total. The number of aliphatic carboxylic acids is 2. The summed E-state index contributed by atoms with van der Waals surface area (Å²) in [5, 5.41) is 14.2. The van der Waals surface area contributed by atoms with Gasteiger partial charge in [-0.1, -0.05) is 12.1 Å². The number of hydrogen-bond donors (Lipinski definition) is 2. The Labute approximate surface area is 217 Å². The molecule has 2 atom stereocenters. The fraction of sp³-hybridized carbons (Fsp3) is 0.417. The van der Waals surface area contributed by atoms with Crippen molar-refractivity contribution in [2.45, 2.75) is 25.8 Å². The topological polar surface area (TPSA) is 111 Å². The quantitative estimate of drug-likeness (QED) is 0.540. The van der Waals surface area contributed by atoms with Crippen molar-refractivity contribution in [3.63, 3.8) is 0 Å². The van der Waals surface area contributed by atoms with Gasteiger partial charge < -0.3 is 15.1 Å². The number of halogens is 7. The monoisotopic (exact) mass is 567 g/mol. The maximum Gasteiger partial charge on any atom is 0.490 e. The molecule has 2 aromatic rings. The van der Waals surface area contributed by atoms with E-state index in [2.05, 4.69) is 9.88 Å². The Hall–Kier alpha value is -3.75. The number of aromatic nitrogens is 1. The summed E-state index contributed by atoms with van der Waals surface area (Å²) in [6.45, 7) is 6.24. The number of carboxylic acids is 2. The first-order valence-corrected chi connectivity index (χ1v) is 11.3. The van der Waals surface area contributed by atoms with Gasteiger partial charge in [-0.3, -0.25) is 14.7 Å². The van der Waals surface area contributed by atoms with Gasteiger partial charge in [0, 0.05) is 44.6 Å². The number of rotatable bonds is 3. The molecule has 2 fully saturated rings. The lowest BCUT2D eigenvalue weighted by molar-refractivity contribution is -0.193. The first kappa shape index (κ1) is 31.5. The number of carbonyl (C=O) groups excluding carboxylic acids is 1. The van der Waals surface area contributed by atoms with E-state index < -0.39 is 24.3 Å². The van der Waals surface area contributed by atoms with Gasteiger partial charge in [0.1, 0.15) is 5.82 Å². The Bertz CT molecular complexity index is 1120. The minimum atomic E-state index is -5.08. The fourth-order valence-electron chi connectivity index (χ4n) is 4.06. The van der Waals surface area contributed by atoms with Gasteiger partial charge in [0.2, 0.25) is 0 Å². The number of fused-ring (bicyclic) bond motifs is 1. The summed E-state index contributed by atoms with van der Waals surface area (Å²) in [4.78, 5) is 39.0. The molecule has 8 nitrogen and oxygen atoms in total. The molecular weight excluding hydrogens is 543 g/mol. The van der Waals surface area contributed by atoms with Crippen molar-refractivity contribution in [2.24, 2.45) is 11.8 Å². The molecule has 39 heavy (non-hydrogen) atoms. The van der Waals surface area contributed by atoms with Crippen LogP contribution in [0.15, 0.2) is 42.6 Å². The van der Waals surface area contributed by atoms with Crippen LogP contribution in [0.3, 0.4) is 0 Å². The zero-order valence-corrected chi connectivity index (χ0v) is 20.3. The van der Waals surface area contributed by atoms with Crippen LogP contribution in [0, 0.1) is 24.6 Å². The molecular formula is C24H24F7N3O5. The fourth-order valence-corrected chi connectivity index (χ4v) is 4.06. The van der Waals surface area contributed by atoms with Crippen molar-refractivity contribution in [1.82, 2.24) is 14.8 Å². The molecule has 2 aliphatic rings. The summed E-state index contributed by atoms with van der Waals surface area (Å²) in [7, 11) is 0. The van der Waals surface area contributed by atoms with E-state index in [4.69, 9.17) is 19.8 Å². The van der Waals surface area contributed by atoms with E-state index in [0.717, 1.165) is 44.0 Å². The number of alkyl halides is 6. The van der Waals surface area contributed by atoms with Gasteiger partial charge >= 0.3 is 24.3 Å². The molecule has 1 aromatic carbocycles. The predicted octanol–water partition coefficient (Wildman–Crippen LogP) is 4.00. The average molecular weight is 567 g/mol. The summed E-state index contributed by atoms with van der Waals surface area (Å²) >= 11 is 0. The number of pyridine rings is 1. The van der Waals surface area contributed by atoms with Crippen LogP contribution in [-0.4, -0.2) is 81.4 Å². The Morgan fingerprint density at radius 1 is 0.897 bits per heavy atom. The van der Waals surface area contributed by atoms with Crippen molar-refractivity contribution in [3.05, 3.63) is 65.2 Å². The summed E-state index contributed by atoms with van der Waals surface area (Å²) in [6.07, 6.45) is -8.50. The van der Waals surface area contributed by atoms with Crippen LogP contribution < -0.4 is 0 Å². The molecule has 0 aliphatic carbocycles. The first-order chi connectivity index (χ1) is 18.0. The highest BCUT2D eigenvalue weighted by Gasteiger charge is 2.42. The Kier molecular flexibility index (Phi) is 10.4. The number of aryl methyl sites for hydroxylation is 1. The Balaban J connectivity index is 0.000000317. The molecule has 0 unspecified atom stereocenters. The maximum absolute atomic E-state index is 13.3. The molecule has 1 amide bonds. The second-order valence-electron chi connectivity index (χ2n) is 8.85. The third kappa shape index (κ3) is 9.81. The van der Waals surface area contributed by atoms with E-state index in [1.807, 2.05) is 30.0 Å². The van der Waals surface area contributed by atoms with Crippen LogP contribution in [0.1, 0.15) is 21.6 Å². The molecule has 3 heterocycles. The molecule has 214 valence electrons. The first-order valence-electron chi connectivity index (χ1n) is 11.3. The minimum absolute atomic E-state index is 0.0820. The Morgan fingerprint density at radius 2 is 1.41 bits per heavy atom. The van der Waals surface area contributed by atoms with Gasteiger partial charge in [0.05, 0.1) is 5.56 Å². The standard InChI is InChI=1S/C20H22FN3O.2C2HF3O2/c1-14-5-6-16(8-22-14)20(25)24-12-17-10-23(11-18(17)13-24)9-15-3-2-4-19(21)7-15;2*3-2(4,5)1(6)7/h2-8,17-18H,9-13H2,1H3;2*(H,6,7)/t17-,18+;;. The number of hydrogen-bond acceptors (Lipinski definition) is 5. The molecule has 0 spiro atoms. The lowest BCUT2D eigenvalue weighted by atomic mass is 10.0. The number of likely N-dealkylation sites (tertiary alicyclic amines) is 2. The Morgan fingerprint density at radius 3 is 1.82 bits per heavy atom. The summed E-state index contributed by atoms with van der Waals surface area (Å²) in [5.41, 5.74) is 2.60. The van der Waals surface area contributed by atoms with Crippen molar-refractivity contribution < 1.29 is 55.3 Å². The number of carboxylic acid groups (broad SMARTS) is 2. The van der Waals surface area contributed by atoms with Crippen LogP contribution >= 0.6 is 0 Å². The highest BCUT2D eigenvalue weighted by Crippen LogP contribution is 2.32. The van der Waals surface area contributed by atoms with Gasteiger partial charge in [0.25, 0.3) is 5.91 Å². The summed E-state index contributed by atoms with van der Waals surface area (Å²) < 4.78 is 76.8. The van der Waals surface area contributed by atoms with Gasteiger partial charge in [-0.2, -0.15) is 26.3 Å². The molecule has 0 bridgehead atoms. The molecule has 1 aromatic heterocycles. The highest BCUT2D eigenvalue weighted by atomic mass is 19.4. The zero-order valence-electron chi connectivity index (χ0n) is 20.3. The lowest BCUT2D eigenvalue weighted by Crippen LogP contribution is -2.33. The van der Waals surface area contributed by atoms with Crippen molar-refractivity contribution in [2.75, 3.05) is 26.2 Å². The van der Waals surface area contributed by atoms with Crippen molar-refractivity contribution in [1.29, 1.82) is 0 Å². The number of nitrogens with zero attached hydrogens (tertiary/aromatic N) is 3. The summed E-state index contributed by atoms with van der Waals surface area (Å²) in [6, 6.07) is 10.6. The van der Waals surface area contributed by atoms with Crippen LogP contribution in [0.2, 0.25) is 0 Å². The smallest absolute Gasteiger partial charge is 0.475 e. The zero-order chi connectivity index (χ0) is 29.5. The molecule has 0 radical (unpaired) electrons. The molecule has 2 aliphatic heterocycles. The van der Waals surface area contributed by atoms with Gasteiger partial charge in [-0.05, 0) is 48.6 Å². The second-order valence-corrected chi connectivity index (χ2v) is 8.85. The van der Waals surface area contributed by atoms with Crippen LogP contribution in [-0.2, 0) is 16.1 Å². The molecule has 15 heteroatoms. The second kappa shape index (κ2) is 12.9.